The molecular weight excluding hydrogens is 955 g/mol. The summed E-state index contributed by atoms with van der Waals surface area (Å²) >= 11 is 1.03. The summed E-state index contributed by atoms with van der Waals surface area (Å²) in [6.07, 6.45) is 10.5. The fraction of sp³-hybridized carbons (Fsp3) is 0.429. The first kappa shape index (κ1) is 52.6. The standard InChI is InChI=1S/C32H40N2O6S2.C24H27NO3S/c1-9-33-28-14-26-20(12-24(28)22(16-30(33,3)4)18-41-40-39-35)11-21-13-25-23(19-42(36,37)38)17-31(5,6)34(10-2)29(25)15-27(21)32(26,7)8;1-6-25-22-13-21-17(11-16-9-7-8-10-20(16)24(21,4)5)12-19(22)18(14-23(25,2)3)15-29(26,27)28/h11-17H,9-10,18-19H2,1-8H3,(H-,35,36,37,38);7-14H,6,15H2,1-5H3/p+2. The summed E-state index contributed by atoms with van der Waals surface area (Å²) in [6.45, 7) is 30.4. The average Bonchev–Trinajstić information content (AvgIpc) is 3.24. The zero-order chi connectivity index (χ0) is 52.0. The lowest BCUT2D eigenvalue weighted by molar-refractivity contribution is -0.432. The Bertz CT molecular complexity index is 3490. The van der Waals surface area contributed by atoms with Crippen LogP contribution in [0.25, 0.3) is 28.9 Å². The Labute approximate surface area is 423 Å². The van der Waals surface area contributed by atoms with E-state index in [4.69, 9.17) is 9.59 Å². The maximum atomic E-state index is 12.0. The minimum atomic E-state index is -4.22. The quantitative estimate of drug-likeness (QED) is 0.0341. The first-order valence-electron chi connectivity index (χ1n) is 24.3. The normalized spacial score (nSPS) is 19.3. The molecule has 5 aliphatic rings. The Balaban J connectivity index is 0.000000204. The highest BCUT2D eigenvalue weighted by atomic mass is 32.2. The average molecular weight is 1020 g/mol. The molecule has 4 aromatic carbocycles. The molecule has 3 aliphatic heterocycles. The van der Waals surface area contributed by atoms with Crippen LogP contribution in [0.2, 0.25) is 0 Å². The van der Waals surface area contributed by atoms with Crippen LogP contribution >= 0.6 is 12.0 Å². The second-order valence-electron chi connectivity index (χ2n) is 22.1. The highest BCUT2D eigenvalue weighted by Gasteiger charge is 2.41. The van der Waals surface area contributed by atoms with Crippen LogP contribution in [0, 0.1) is 0 Å². The second kappa shape index (κ2) is 18.3. The number of likely N-dealkylation sites (N-methyl/N-ethyl adjacent to an activating group) is 3. The van der Waals surface area contributed by atoms with Gasteiger partial charge in [0.2, 0.25) is 10.7 Å². The second-order valence-corrected chi connectivity index (χ2v) is 25.6. The van der Waals surface area contributed by atoms with Gasteiger partial charge in [-0.25, -0.2) is 14.4 Å². The third-order valence-electron chi connectivity index (χ3n) is 15.3. The molecule has 0 saturated carbocycles. The fourth-order valence-electron chi connectivity index (χ4n) is 12.3. The summed E-state index contributed by atoms with van der Waals surface area (Å²) in [4.78, 5) is 2.41. The van der Waals surface area contributed by atoms with Gasteiger partial charge in [0.25, 0.3) is 20.2 Å². The topological polar surface area (TPSA) is 157 Å². The molecule has 0 unspecified atom stereocenters. The van der Waals surface area contributed by atoms with E-state index in [0.29, 0.717) is 16.9 Å². The first-order chi connectivity index (χ1) is 33.0. The first-order valence-corrected chi connectivity index (χ1v) is 28.4. The van der Waals surface area contributed by atoms with Crippen LogP contribution in [0.4, 0.5) is 5.69 Å². The van der Waals surface area contributed by atoms with Crippen molar-refractivity contribution >= 4 is 66.8 Å². The van der Waals surface area contributed by atoms with Gasteiger partial charge in [0.15, 0.2) is 11.1 Å². The van der Waals surface area contributed by atoms with Gasteiger partial charge in [-0.1, -0.05) is 63.1 Å². The van der Waals surface area contributed by atoms with Crippen molar-refractivity contribution in [3.8, 4) is 0 Å². The van der Waals surface area contributed by atoms with Crippen LogP contribution in [0.3, 0.4) is 0 Å². The molecule has 378 valence electrons. The Kier molecular flexibility index (Phi) is 13.6. The molecule has 15 heteroatoms. The summed E-state index contributed by atoms with van der Waals surface area (Å²) in [5.41, 5.74) is 12.0. The zero-order valence-electron chi connectivity index (χ0n) is 43.3. The predicted molar refractivity (Wildman–Crippen MR) is 288 cm³/mol. The summed E-state index contributed by atoms with van der Waals surface area (Å²) in [5.74, 6) is -0.311. The van der Waals surface area contributed by atoms with Gasteiger partial charge < -0.3 is 4.90 Å². The monoisotopic (exact) mass is 1020 g/mol. The van der Waals surface area contributed by atoms with Crippen LogP contribution in [0.15, 0.2) is 78.9 Å². The van der Waals surface area contributed by atoms with E-state index in [1.807, 2.05) is 18.2 Å². The van der Waals surface area contributed by atoms with E-state index < -0.39 is 31.5 Å². The molecule has 2 aliphatic carbocycles. The molecule has 0 radical (unpaired) electrons. The third-order valence-corrected chi connectivity index (χ3v) is 17.2. The van der Waals surface area contributed by atoms with Gasteiger partial charge in [-0.05, 0) is 144 Å². The maximum absolute atomic E-state index is 12.0. The van der Waals surface area contributed by atoms with Crippen molar-refractivity contribution in [3.63, 3.8) is 0 Å². The van der Waals surface area contributed by atoms with E-state index in [1.54, 1.807) is 0 Å². The number of hydrogen-bond donors (Lipinski definition) is 3. The van der Waals surface area contributed by atoms with Crippen LogP contribution < -0.4 is 35.2 Å². The van der Waals surface area contributed by atoms with Crippen molar-refractivity contribution in [2.75, 3.05) is 41.8 Å². The summed E-state index contributed by atoms with van der Waals surface area (Å²) in [6, 6.07) is 21.6. The van der Waals surface area contributed by atoms with Gasteiger partial charge in [0.1, 0.15) is 24.6 Å². The summed E-state index contributed by atoms with van der Waals surface area (Å²) in [5, 5.41) is 16.7. The fourth-order valence-corrected chi connectivity index (χ4v) is 14.0. The lowest BCUT2D eigenvalue weighted by Gasteiger charge is -2.44. The zero-order valence-corrected chi connectivity index (χ0v) is 45.7. The molecule has 0 atom stereocenters. The van der Waals surface area contributed by atoms with E-state index in [0.717, 1.165) is 86.3 Å². The molecule has 71 heavy (non-hydrogen) atoms. The van der Waals surface area contributed by atoms with Gasteiger partial charge in [0, 0.05) is 86.2 Å². The lowest BCUT2D eigenvalue weighted by Crippen LogP contribution is -2.50. The van der Waals surface area contributed by atoms with Crippen molar-refractivity contribution in [2.45, 2.75) is 117 Å². The van der Waals surface area contributed by atoms with Crippen molar-refractivity contribution in [1.82, 2.24) is 9.15 Å². The number of anilines is 1. The summed E-state index contributed by atoms with van der Waals surface area (Å²) < 4.78 is 76.2. The minimum Gasteiger partial charge on any atom is -0.363 e. The van der Waals surface area contributed by atoms with E-state index >= 15 is 0 Å². The largest absolute Gasteiger partial charge is 0.363 e. The van der Waals surface area contributed by atoms with Gasteiger partial charge in [0.05, 0.1) is 16.7 Å². The van der Waals surface area contributed by atoms with Gasteiger partial charge >= 0.3 is 0 Å². The molecule has 12 nitrogen and oxygen atoms in total. The highest BCUT2D eigenvalue weighted by molar-refractivity contribution is 7.95. The molecule has 4 aromatic rings. The Hall–Kier alpha value is -4.71. The maximum Gasteiger partial charge on any atom is 0.269 e. The van der Waals surface area contributed by atoms with Gasteiger partial charge in [-0.3, -0.25) is 9.11 Å². The van der Waals surface area contributed by atoms with Crippen LogP contribution in [0.5, 0.6) is 0 Å². The van der Waals surface area contributed by atoms with Crippen molar-refractivity contribution in [1.29, 1.82) is 0 Å². The van der Waals surface area contributed by atoms with Gasteiger partial charge in [-0.15, -0.1) is 4.33 Å². The molecule has 0 bridgehead atoms. The van der Waals surface area contributed by atoms with E-state index in [1.165, 1.54) is 27.8 Å². The minimum absolute atomic E-state index is 0.163. The van der Waals surface area contributed by atoms with E-state index in [2.05, 4.69) is 182 Å². The molecule has 0 spiro atoms. The molecular formula is C56H69N3O9S3+2. The number of fused-ring (bicyclic) bond motifs is 7. The lowest BCUT2D eigenvalue weighted by atomic mass is 9.70. The molecule has 3 heterocycles. The van der Waals surface area contributed by atoms with E-state index in [9.17, 15) is 25.9 Å². The van der Waals surface area contributed by atoms with Crippen molar-refractivity contribution in [2.24, 2.45) is 0 Å². The SMILES string of the molecule is CCN1c2cc3c(cc2C(CSOOO)=CC1(C)C)C=c1cc2c(cc1C3(C)C)=[N+](CC)C(C)(C)C=C2CS(=O)(=O)O.CC[N+]1=c2cc3c(cc2C(CS(=O)(=O)O)=CC1(C)C)=Cc1ccccc1C3(C)C. The summed E-state index contributed by atoms with van der Waals surface area (Å²) in [7, 11) is -8.35. The van der Waals surface area contributed by atoms with Crippen LogP contribution in [0.1, 0.15) is 140 Å². The Morgan fingerprint density at radius 3 is 1.56 bits per heavy atom. The number of benzene rings is 4. The van der Waals surface area contributed by atoms with Crippen LogP contribution in [-0.4, -0.2) is 84.7 Å². The molecule has 0 fully saturated rings. The molecule has 0 amide bonds. The molecule has 0 saturated heterocycles. The predicted octanol–water partition coefficient (Wildman–Crippen LogP) is 7.53. The Morgan fingerprint density at radius 1 is 0.592 bits per heavy atom. The number of nitrogens with zero attached hydrogens (tertiary/aromatic N) is 3. The van der Waals surface area contributed by atoms with E-state index in [-0.39, 0.29) is 27.7 Å². The van der Waals surface area contributed by atoms with Crippen molar-refractivity contribution < 1.29 is 40.6 Å². The highest BCUT2D eigenvalue weighted by Crippen LogP contribution is 2.46. The molecule has 9 rings (SSSR count). The molecule has 3 N–H and O–H groups in total. The Morgan fingerprint density at radius 2 is 1.08 bits per heavy atom. The number of rotatable bonds is 11. The van der Waals surface area contributed by atoms with Crippen molar-refractivity contribution in [3.05, 3.63) is 150 Å². The van der Waals surface area contributed by atoms with Crippen LogP contribution in [-0.2, 0) is 40.4 Å². The van der Waals surface area contributed by atoms with Gasteiger partial charge in [-0.2, -0.15) is 16.8 Å². The number of hydrogen-bond acceptors (Lipinski definition) is 9. The third kappa shape index (κ3) is 9.69. The smallest absolute Gasteiger partial charge is 0.269 e. The molecule has 0 aromatic heterocycles.